The van der Waals surface area contributed by atoms with Crippen LogP contribution in [0.5, 0.6) is 0 Å². The first-order valence-corrected chi connectivity index (χ1v) is 5.81. The molecule has 0 spiro atoms. The SMILES string of the molecule is NCC(=O)NCc1cn(-c2ccc(F)c(Cl)c2)nn1. The first kappa shape index (κ1) is 13.4. The van der Waals surface area contributed by atoms with Crippen LogP contribution < -0.4 is 11.1 Å². The number of halogens is 2. The summed E-state index contributed by atoms with van der Waals surface area (Å²) < 4.78 is 14.5. The topological polar surface area (TPSA) is 85.8 Å². The second-order valence-electron chi connectivity index (χ2n) is 3.73. The molecule has 1 aromatic heterocycles. The van der Waals surface area contributed by atoms with Gasteiger partial charge >= 0.3 is 0 Å². The van der Waals surface area contributed by atoms with Gasteiger partial charge in [-0.05, 0) is 18.2 Å². The molecule has 0 aliphatic carbocycles. The Bertz CT molecular complexity index is 601. The lowest BCUT2D eigenvalue weighted by Crippen LogP contribution is -2.29. The lowest BCUT2D eigenvalue weighted by atomic mass is 10.3. The number of hydrogen-bond acceptors (Lipinski definition) is 4. The highest BCUT2D eigenvalue weighted by Gasteiger charge is 2.06. The fourth-order valence-electron chi connectivity index (χ4n) is 1.39. The lowest BCUT2D eigenvalue weighted by Gasteiger charge is -2.01. The molecule has 0 atom stereocenters. The number of aromatic nitrogens is 3. The largest absolute Gasteiger partial charge is 0.349 e. The molecule has 8 heteroatoms. The summed E-state index contributed by atoms with van der Waals surface area (Å²) in [6.07, 6.45) is 1.61. The molecule has 0 radical (unpaired) electrons. The van der Waals surface area contributed by atoms with Gasteiger partial charge in [0.1, 0.15) is 11.5 Å². The van der Waals surface area contributed by atoms with Gasteiger partial charge in [-0.25, -0.2) is 9.07 Å². The summed E-state index contributed by atoms with van der Waals surface area (Å²) in [4.78, 5) is 11.0. The third-order valence-corrected chi connectivity index (χ3v) is 2.65. The van der Waals surface area contributed by atoms with Crippen molar-refractivity contribution in [2.24, 2.45) is 5.73 Å². The van der Waals surface area contributed by atoms with Crippen molar-refractivity contribution in [3.8, 4) is 5.69 Å². The Hall–Kier alpha value is -1.99. The average Bonchev–Trinajstić information content (AvgIpc) is 2.88. The first-order chi connectivity index (χ1) is 9.10. The summed E-state index contributed by atoms with van der Waals surface area (Å²) >= 11 is 5.68. The van der Waals surface area contributed by atoms with Crippen LogP contribution in [0, 0.1) is 5.82 Å². The quantitative estimate of drug-likeness (QED) is 0.862. The maximum atomic E-state index is 13.0. The highest BCUT2D eigenvalue weighted by molar-refractivity contribution is 6.30. The number of benzene rings is 1. The van der Waals surface area contributed by atoms with Crippen LogP contribution in [0.15, 0.2) is 24.4 Å². The smallest absolute Gasteiger partial charge is 0.234 e. The summed E-state index contributed by atoms with van der Waals surface area (Å²) in [6, 6.07) is 4.21. The molecule has 0 aliphatic rings. The van der Waals surface area contributed by atoms with E-state index in [2.05, 4.69) is 15.6 Å². The Kier molecular flexibility index (Phi) is 4.08. The summed E-state index contributed by atoms with van der Waals surface area (Å²) in [6.45, 7) is 0.146. The predicted molar refractivity (Wildman–Crippen MR) is 67.2 cm³/mol. The van der Waals surface area contributed by atoms with E-state index in [1.54, 1.807) is 6.20 Å². The highest BCUT2D eigenvalue weighted by atomic mass is 35.5. The van der Waals surface area contributed by atoms with Crippen molar-refractivity contribution in [3.63, 3.8) is 0 Å². The second-order valence-corrected chi connectivity index (χ2v) is 4.14. The number of amides is 1. The van der Waals surface area contributed by atoms with Crippen LogP contribution in [0.3, 0.4) is 0 Å². The molecule has 1 amide bonds. The van der Waals surface area contributed by atoms with Crippen LogP contribution in [0.2, 0.25) is 5.02 Å². The molecular weight excluding hydrogens is 273 g/mol. The zero-order valence-corrected chi connectivity index (χ0v) is 10.6. The molecule has 1 heterocycles. The molecular formula is C11H11ClFN5O. The lowest BCUT2D eigenvalue weighted by molar-refractivity contribution is -0.119. The van der Waals surface area contributed by atoms with Gasteiger partial charge in [-0.15, -0.1) is 5.10 Å². The monoisotopic (exact) mass is 283 g/mol. The molecule has 100 valence electrons. The number of carbonyl (C=O) groups excluding carboxylic acids is 1. The summed E-state index contributed by atoms with van der Waals surface area (Å²) in [5.74, 6) is -0.777. The molecule has 0 bridgehead atoms. The van der Waals surface area contributed by atoms with Gasteiger partial charge in [-0.2, -0.15) is 0 Å². The Balaban J connectivity index is 2.12. The summed E-state index contributed by atoms with van der Waals surface area (Å²) in [5, 5.41) is 10.3. The maximum absolute atomic E-state index is 13.0. The molecule has 0 saturated carbocycles. The van der Waals surface area contributed by atoms with Gasteiger partial charge in [-0.3, -0.25) is 4.79 Å². The fourth-order valence-corrected chi connectivity index (χ4v) is 1.57. The first-order valence-electron chi connectivity index (χ1n) is 5.43. The van der Waals surface area contributed by atoms with E-state index in [0.29, 0.717) is 11.4 Å². The highest BCUT2D eigenvalue weighted by Crippen LogP contribution is 2.18. The van der Waals surface area contributed by atoms with Gasteiger partial charge in [0.15, 0.2) is 0 Å². The van der Waals surface area contributed by atoms with E-state index in [1.807, 2.05) is 0 Å². The van der Waals surface area contributed by atoms with Crippen molar-refractivity contribution < 1.29 is 9.18 Å². The molecule has 19 heavy (non-hydrogen) atoms. The van der Waals surface area contributed by atoms with E-state index in [0.717, 1.165) is 0 Å². The van der Waals surface area contributed by atoms with E-state index < -0.39 is 5.82 Å². The van der Waals surface area contributed by atoms with Crippen molar-refractivity contribution in [1.82, 2.24) is 20.3 Å². The molecule has 0 unspecified atom stereocenters. The van der Waals surface area contributed by atoms with Crippen LogP contribution in [-0.4, -0.2) is 27.4 Å². The molecule has 6 nitrogen and oxygen atoms in total. The zero-order valence-electron chi connectivity index (χ0n) is 9.81. The van der Waals surface area contributed by atoms with E-state index in [9.17, 15) is 9.18 Å². The number of carbonyl (C=O) groups is 1. The van der Waals surface area contributed by atoms with Crippen LogP contribution in [0.4, 0.5) is 4.39 Å². The minimum Gasteiger partial charge on any atom is -0.349 e. The standard InChI is InChI=1S/C11H11ClFN5O/c12-9-3-8(1-2-10(9)13)18-6-7(16-17-18)5-15-11(19)4-14/h1-3,6H,4-5,14H2,(H,15,19). The van der Waals surface area contributed by atoms with E-state index in [4.69, 9.17) is 17.3 Å². The van der Waals surface area contributed by atoms with Gasteiger partial charge in [0, 0.05) is 0 Å². The molecule has 2 rings (SSSR count). The third-order valence-electron chi connectivity index (χ3n) is 2.36. The van der Waals surface area contributed by atoms with Crippen LogP contribution >= 0.6 is 11.6 Å². The molecule has 1 aromatic carbocycles. The third kappa shape index (κ3) is 3.27. The Morgan fingerprint density at radius 2 is 2.32 bits per heavy atom. The molecule has 0 saturated heterocycles. The average molecular weight is 284 g/mol. The number of nitrogens with two attached hydrogens (primary N) is 1. The molecule has 0 fully saturated rings. The van der Waals surface area contributed by atoms with Crippen LogP contribution in [0.1, 0.15) is 5.69 Å². The number of hydrogen-bond donors (Lipinski definition) is 2. The van der Waals surface area contributed by atoms with Crippen molar-refractivity contribution in [2.45, 2.75) is 6.54 Å². The van der Waals surface area contributed by atoms with Crippen molar-refractivity contribution in [1.29, 1.82) is 0 Å². The van der Waals surface area contributed by atoms with Gasteiger partial charge in [0.25, 0.3) is 0 Å². The van der Waals surface area contributed by atoms with Gasteiger partial charge in [-0.1, -0.05) is 16.8 Å². The Morgan fingerprint density at radius 3 is 3.00 bits per heavy atom. The van der Waals surface area contributed by atoms with Crippen LogP contribution in [-0.2, 0) is 11.3 Å². The minimum atomic E-state index is -0.499. The summed E-state index contributed by atoms with van der Waals surface area (Å²) in [5.41, 5.74) is 6.30. The van der Waals surface area contributed by atoms with Crippen molar-refractivity contribution >= 4 is 17.5 Å². The van der Waals surface area contributed by atoms with Crippen molar-refractivity contribution in [3.05, 3.63) is 40.9 Å². The number of nitrogens with zero attached hydrogens (tertiary/aromatic N) is 3. The number of nitrogens with one attached hydrogen (secondary N) is 1. The van der Waals surface area contributed by atoms with Crippen LogP contribution in [0.25, 0.3) is 5.69 Å². The number of rotatable bonds is 4. The van der Waals surface area contributed by atoms with E-state index in [-0.39, 0.29) is 24.0 Å². The molecule has 3 N–H and O–H groups in total. The van der Waals surface area contributed by atoms with Gasteiger partial charge in [0.05, 0.1) is 30.0 Å². The normalized spacial score (nSPS) is 10.5. The molecule has 2 aromatic rings. The predicted octanol–water partition coefficient (Wildman–Crippen LogP) is 0.635. The Morgan fingerprint density at radius 1 is 1.53 bits per heavy atom. The zero-order chi connectivity index (χ0) is 13.8. The maximum Gasteiger partial charge on any atom is 0.234 e. The minimum absolute atomic E-state index is 0.00554. The van der Waals surface area contributed by atoms with Gasteiger partial charge in [0.2, 0.25) is 5.91 Å². The Labute approximate surface area is 113 Å². The second kappa shape index (κ2) is 5.77. The molecule has 0 aliphatic heterocycles. The summed E-state index contributed by atoms with van der Waals surface area (Å²) in [7, 11) is 0. The van der Waals surface area contributed by atoms with E-state index >= 15 is 0 Å². The van der Waals surface area contributed by atoms with Crippen molar-refractivity contribution in [2.75, 3.05) is 6.54 Å². The van der Waals surface area contributed by atoms with Gasteiger partial charge < -0.3 is 11.1 Å². The van der Waals surface area contributed by atoms with E-state index in [1.165, 1.54) is 22.9 Å². The fraction of sp³-hybridized carbons (Fsp3) is 0.182.